The zero-order valence-corrected chi connectivity index (χ0v) is 15.4. The van der Waals surface area contributed by atoms with Gasteiger partial charge in [-0.1, -0.05) is 23.2 Å². The number of hydrogen-bond donors (Lipinski definition) is 2. The third-order valence-electron chi connectivity index (χ3n) is 4.22. The number of halogens is 2. The van der Waals surface area contributed by atoms with Crippen molar-refractivity contribution >= 4 is 46.2 Å². The first-order valence-electron chi connectivity index (χ1n) is 8.45. The summed E-state index contributed by atoms with van der Waals surface area (Å²) < 4.78 is 0. The van der Waals surface area contributed by atoms with Gasteiger partial charge in [0.15, 0.2) is 0 Å². The summed E-state index contributed by atoms with van der Waals surface area (Å²) in [5, 5.41) is 7.24. The first-order valence-corrected chi connectivity index (χ1v) is 9.21. The zero-order valence-electron chi connectivity index (χ0n) is 13.9. The van der Waals surface area contributed by atoms with Crippen LogP contribution in [-0.2, 0) is 4.79 Å². The molecule has 0 unspecified atom stereocenters. The maximum atomic E-state index is 12.1. The van der Waals surface area contributed by atoms with E-state index in [4.69, 9.17) is 23.2 Å². The standard InChI is InChI=1S/C19H21Cl2N3O/c20-14-3-8-17(21)18(13-14)22-10-9-19(25)23-15-4-6-16(7-5-15)24-11-1-2-12-24/h3-8,13,22H,1-2,9-12H2,(H,23,25). The summed E-state index contributed by atoms with van der Waals surface area (Å²) in [6, 6.07) is 13.2. The molecule has 0 saturated carbocycles. The number of benzene rings is 2. The summed E-state index contributed by atoms with van der Waals surface area (Å²) in [5.74, 6) is -0.0421. The molecule has 3 rings (SSSR count). The summed E-state index contributed by atoms with van der Waals surface area (Å²) in [6.45, 7) is 2.71. The van der Waals surface area contributed by atoms with Gasteiger partial charge in [-0.25, -0.2) is 0 Å². The number of amides is 1. The quantitative estimate of drug-likeness (QED) is 0.741. The predicted molar refractivity (Wildman–Crippen MR) is 106 cm³/mol. The normalized spacial score (nSPS) is 13.8. The molecule has 25 heavy (non-hydrogen) atoms. The smallest absolute Gasteiger partial charge is 0.226 e. The Kier molecular flexibility index (Phi) is 6.05. The summed E-state index contributed by atoms with van der Waals surface area (Å²) in [4.78, 5) is 14.4. The average molecular weight is 378 g/mol. The Labute approximate surface area is 158 Å². The third kappa shape index (κ3) is 5.03. The van der Waals surface area contributed by atoms with E-state index in [1.807, 2.05) is 12.1 Å². The highest BCUT2D eigenvalue weighted by atomic mass is 35.5. The molecule has 2 N–H and O–H groups in total. The van der Waals surface area contributed by atoms with Crippen molar-refractivity contribution in [1.29, 1.82) is 0 Å². The van der Waals surface area contributed by atoms with Gasteiger partial charge in [-0.3, -0.25) is 4.79 Å². The molecule has 0 bridgehead atoms. The molecule has 6 heteroatoms. The van der Waals surface area contributed by atoms with Crippen molar-refractivity contribution in [2.45, 2.75) is 19.3 Å². The first kappa shape index (κ1) is 17.9. The van der Waals surface area contributed by atoms with Gasteiger partial charge in [-0.15, -0.1) is 0 Å². The molecule has 2 aromatic carbocycles. The van der Waals surface area contributed by atoms with Gasteiger partial charge in [-0.2, -0.15) is 0 Å². The summed E-state index contributed by atoms with van der Waals surface area (Å²) >= 11 is 12.0. The van der Waals surface area contributed by atoms with Crippen LogP contribution in [0, 0.1) is 0 Å². The predicted octanol–water partition coefficient (Wildman–Crippen LogP) is 5.03. The second-order valence-corrected chi connectivity index (χ2v) is 6.93. The Morgan fingerprint density at radius 2 is 1.76 bits per heavy atom. The van der Waals surface area contributed by atoms with Crippen LogP contribution < -0.4 is 15.5 Å². The van der Waals surface area contributed by atoms with Crippen molar-refractivity contribution in [2.24, 2.45) is 0 Å². The van der Waals surface area contributed by atoms with Gasteiger partial charge in [0, 0.05) is 42.5 Å². The molecule has 1 heterocycles. The lowest BCUT2D eigenvalue weighted by Crippen LogP contribution is -2.18. The van der Waals surface area contributed by atoms with Crippen molar-refractivity contribution in [3.8, 4) is 0 Å². The number of nitrogens with zero attached hydrogens (tertiary/aromatic N) is 1. The minimum atomic E-state index is -0.0421. The second kappa shape index (κ2) is 8.45. The number of rotatable bonds is 6. The van der Waals surface area contributed by atoms with Crippen LogP contribution >= 0.6 is 23.2 Å². The lowest BCUT2D eigenvalue weighted by Gasteiger charge is -2.17. The molecule has 0 atom stereocenters. The Bertz CT molecular complexity index is 728. The third-order valence-corrected chi connectivity index (χ3v) is 4.78. The molecule has 2 aromatic rings. The maximum Gasteiger partial charge on any atom is 0.226 e. The van der Waals surface area contributed by atoms with Gasteiger partial charge in [0.1, 0.15) is 0 Å². The average Bonchev–Trinajstić information content (AvgIpc) is 3.13. The first-order chi connectivity index (χ1) is 12.1. The van der Waals surface area contributed by atoms with E-state index in [0.717, 1.165) is 24.5 Å². The molecule has 1 aliphatic heterocycles. The van der Waals surface area contributed by atoms with Gasteiger partial charge in [0.25, 0.3) is 0 Å². The fraction of sp³-hybridized carbons (Fsp3) is 0.316. The van der Waals surface area contributed by atoms with Crippen LogP contribution in [0.5, 0.6) is 0 Å². The molecular weight excluding hydrogens is 357 g/mol. The molecule has 0 aliphatic carbocycles. The Morgan fingerprint density at radius 1 is 1.04 bits per heavy atom. The van der Waals surface area contributed by atoms with Crippen LogP contribution in [0.1, 0.15) is 19.3 Å². The number of hydrogen-bond acceptors (Lipinski definition) is 3. The fourth-order valence-corrected chi connectivity index (χ4v) is 3.25. The molecule has 0 aromatic heterocycles. The molecule has 1 saturated heterocycles. The van der Waals surface area contributed by atoms with Crippen LogP contribution in [0.4, 0.5) is 17.1 Å². The van der Waals surface area contributed by atoms with Crippen molar-refractivity contribution < 1.29 is 4.79 Å². The highest BCUT2D eigenvalue weighted by Crippen LogP contribution is 2.25. The largest absolute Gasteiger partial charge is 0.383 e. The topological polar surface area (TPSA) is 44.4 Å². The number of anilines is 3. The molecule has 1 fully saturated rings. The minimum Gasteiger partial charge on any atom is -0.383 e. The molecule has 0 spiro atoms. The number of nitrogens with one attached hydrogen (secondary N) is 2. The van der Waals surface area contributed by atoms with Crippen molar-refractivity contribution in [3.63, 3.8) is 0 Å². The van der Waals surface area contributed by atoms with Crippen LogP contribution in [0.2, 0.25) is 10.0 Å². The van der Waals surface area contributed by atoms with Crippen molar-refractivity contribution in [1.82, 2.24) is 0 Å². The Morgan fingerprint density at radius 3 is 2.48 bits per heavy atom. The van der Waals surface area contributed by atoms with Crippen molar-refractivity contribution in [3.05, 3.63) is 52.5 Å². The van der Waals surface area contributed by atoms with E-state index < -0.39 is 0 Å². The van der Waals surface area contributed by atoms with Gasteiger partial charge in [0.2, 0.25) is 5.91 Å². The summed E-state index contributed by atoms with van der Waals surface area (Å²) in [6.07, 6.45) is 2.85. The molecule has 0 radical (unpaired) electrons. The van der Waals surface area contributed by atoms with E-state index >= 15 is 0 Å². The van der Waals surface area contributed by atoms with E-state index in [-0.39, 0.29) is 5.91 Å². The van der Waals surface area contributed by atoms with Crippen molar-refractivity contribution in [2.75, 3.05) is 35.2 Å². The maximum absolute atomic E-state index is 12.1. The molecule has 4 nitrogen and oxygen atoms in total. The van der Waals surface area contributed by atoms with Gasteiger partial charge < -0.3 is 15.5 Å². The second-order valence-electron chi connectivity index (χ2n) is 6.09. The van der Waals surface area contributed by atoms with E-state index in [0.29, 0.717) is 23.0 Å². The Hall–Kier alpha value is -1.91. The van der Waals surface area contributed by atoms with E-state index in [9.17, 15) is 4.79 Å². The van der Waals surface area contributed by atoms with Crippen LogP contribution in [-0.4, -0.2) is 25.5 Å². The van der Waals surface area contributed by atoms with Crippen LogP contribution in [0.15, 0.2) is 42.5 Å². The van der Waals surface area contributed by atoms with Gasteiger partial charge in [0.05, 0.1) is 10.7 Å². The lowest BCUT2D eigenvalue weighted by atomic mass is 10.2. The van der Waals surface area contributed by atoms with Crippen LogP contribution in [0.3, 0.4) is 0 Å². The SMILES string of the molecule is O=C(CCNc1cc(Cl)ccc1Cl)Nc1ccc(N2CCCC2)cc1. The van der Waals surface area contributed by atoms with E-state index in [2.05, 4.69) is 27.7 Å². The van der Waals surface area contributed by atoms with Gasteiger partial charge >= 0.3 is 0 Å². The van der Waals surface area contributed by atoms with E-state index in [1.54, 1.807) is 18.2 Å². The number of carbonyl (C=O) groups is 1. The molecular formula is C19H21Cl2N3O. The van der Waals surface area contributed by atoms with E-state index in [1.165, 1.54) is 18.5 Å². The fourth-order valence-electron chi connectivity index (χ4n) is 2.90. The number of carbonyl (C=O) groups excluding carboxylic acids is 1. The highest BCUT2D eigenvalue weighted by Gasteiger charge is 2.12. The summed E-state index contributed by atoms with van der Waals surface area (Å²) in [7, 11) is 0. The summed E-state index contributed by atoms with van der Waals surface area (Å²) in [5.41, 5.74) is 2.76. The zero-order chi connectivity index (χ0) is 17.6. The molecule has 1 aliphatic rings. The Balaban J connectivity index is 1.46. The van der Waals surface area contributed by atoms with Gasteiger partial charge in [-0.05, 0) is 55.3 Å². The highest BCUT2D eigenvalue weighted by molar-refractivity contribution is 6.35. The lowest BCUT2D eigenvalue weighted by molar-refractivity contribution is -0.115. The van der Waals surface area contributed by atoms with Crippen LogP contribution in [0.25, 0.3) is 0 Å². The monoisotopic (exact) mass is 377 g/mol. The molecule has 1 amide bonds. The minimum absolute atomic E-state index is 0.0421. The molecule has 132 valence electrons.